The molecule has 1 aromatic carbocycles. The normalized spacial score (nSPS) is 10.9. The van der Waals surface area contributed by atoms with Gasteiger partial charge in [-0.2, -0.15) is 0 Å². The molecule has 3 heteroatoms. The fourth-order valence-corrected chi connectivity index (χ4v) is 3.29. The summed E-state index contributed by atoms with van der Waals surface area (Å²) in [5.74, 6) is 0. The molecule has 0 N–H and O–H groups in total. The Labute approximate surface area is 123 Å². The zero-order valence-electron chi connectivity index (χ0n) is 12.1. The van der Waals surface area contributed by atoms with Crippen LogP contribution in [0.2, 0.25) is 0 Å². The van der Waals surface area contributed by atoms with Crippen LogP contribution in [0.25, 0.3) is 10.6 Å². The van der Waals surface area contributed by atoms with Crippen LogP contribution in [0.15, 0.2) is 41.8 Å². The van der Waals surface area contributed by atoms with E-state index in [-0.39, 0.29) is 0 Å². The van der Waals surface area contributed by atoms with Gasteiger partial charge in [0.1, 0.15) is 5.01 Å². The predicted octanol–water partition coefficient (Wildman–Crippen LogP) is 4.59. The molecule has 0 bridgehead atoms. The van der Waals surface area contributed by atoms with Crippen molar-refractivity contribution in [3.05, 3.63) is 64.4 Å². The summed E-state index contributed by atoms with van der Waals surface area (Å²) in [6, 6.07) is 12.6. The Morgan fingerprint density at radius 3 is 2.50 bits per heavy atom. The van der Waals surface area contributed by atoms with Gasteiger partial charge in [-0.15, -0.1) is 11.3 Å². The summed E-state index contributed by atoms with van der Waals surface area (Å²) in [4.78, 5) is 4.76. The third kappa shape index (κ3) is 2.41. The maximum atomic E-state index is 4.76. The second-order valence-electron chi connectivity index (χ2n) is 5.15. The van der Waals surface area contributed by atoms with E-state index in [2.05, 4.69) is 61.1 Å². The van der Waals surface area contributed by atoms with Crippen molar-refractivity contribution in [3.8, 4) is 10.6 Å². The van der Waals surface area contributed by atoms with Gasteiger partial charge in [0.15, 0.2) is 0 Å². The van der Waals surface area contributed by atoms with E-state index in [9.17, 15) is 0 Å². The molecule has 3 rings (SSSR count). The minimum Gasteiger partial charge on any atom is -0.343 e. The van der Waals surface area contributed by atoms with Crippen LogP contribution in [0.4, 0.5) is 0 Å². The summed E-state index contributed by atoms with van der Waals surface area (Å²) in [6.45, 7) is 7.35. The number of aryl methyl sites for hydroxylation is 2. The molecular weight excluding hydrogens is 264 g/mol. The van der Waals surface area contributed by atoms with E-state index < -0.39 is 0 Å². The molecule has 0 radical (unpaired) electrons. The minimum absolute atomic E-state index is 0.856. The Bertz CT molecular complexity index is 723. The van der Waals surface area contributed by atoms with Crippen molar-refractivity contribution in [2.45, 2.75) is 27.3 Å². The predicted molar refractivity (Wildman–Crippen MR) is 85.3 cm³/mol. The zero-order chi connectivity index (χ0) is 14.1. The molecule has 0 unspecified atom stereocenters. The smallest absolute Gasteiger partial charge is 0.123 e. The first-order chi connectivity index (χ1) is 9.65. The summed E-state index contributed by atoms with van der Waals surface area (Å²) in [7, 11) is 0. The molecule has 0 spiro atoms. The zero-order valence-corrected chi connectivity index (χ0v) is 12.9. The third-order valence-corrected chi connectivity index (χ3v) is 4.66. The maximum Gasteiger partial charge on any atom is 0.123 e. The molecule has 0 fully saturated rings. The van der Waals surface area contributed by atoms with Crippen molar-refractivity contribution < 1.29 is 0 Å². The lowest BCUT2D eigenvalue weighted by Gasteiger charge is -2.07. The Morgan fingerprint density at radius 1 is 1.10 bits per heavy atom. The molecule has 0 aliphatic heterocycles. The molecule has 3 aromatic rings. The second kappa shape index (κ2) is 5.25. The van der Waals surface area contributed by atoms with E-state index in [1.165, 1.54) is 22.5 Å². The lowest BCUT2D eigenvalue weighted by Crippen LogP contribution is -2.04. The Hall–Kier alpha value is -1.87. The summed E-state index contributed by atoms with van der Waals surface area (Å²) < 4.78 is 2.33. The molecular formula is C17H18N2S. The molecule has 0 aliphatic rings. The SMILES string of the molecule is Cc1cc(C)n(Cc2csc(-c3ccccc3)n2)c1C. The molecule has 0 aliphatic carbocycles. The molecule has 20 heavy (non-hydrogen) atoms. The van der Waals surface area contributed by atoms with Crippen LogP contribution in [-0.2, 0) is 6.54 Å². The van der Waals surface area contributed by atoms with Crippen LogP contribution in [-0.4, -0.2) is 9.55 Å². The third-order valence-electron chi connectivity index (χ3n) is 3.72. The van der Waals surface area contributed by atoms with Crippen LogP contribution in [0.1, 0.15) is 22.6 Å². The largest absolute Gasteiger partial charge is 0.343 e. The van der Waals surface area contributed by atoms with E-state index in [4.69, 9.17) is 4.98 Å². The molecule has 0 saturated heterocycles. The maximum absolute atomic E-state index is 4.76. The van der Waals surface area contributed by atoms with E-state index in [1.54, 1.807) is 11.3 Å². The standard InChI is InChI=1S/C17H18N2S/c1-12-9-13(2)19(14(12)3)10-16-11-20-17(18-16)15-7-5-4-6-8-15/h4-9,11H,10H2,1-3H3. The Morgan fingerprint density at radius 2 is 1.85 bits per heavy atom. The number of thiazole rings is 1. The lowest BCUT2D eigenvalue weighted by atomic mass is 10.2. The highest BCUT2D eigenvalue weighted by atomic mass is 32.1. The van der Waals surface area contributed by atoms with Gasteiger partial charge in [0, 0.05) is 22.3 Å². The van der Waals surface area contributed by atoms with Gasteiger partial charge in [-0.1, -0.05) is 30.3 Å². The van der Waals surface area contributed by atoms with Gasteiger partial charge in [0.05, 0.1) is 12.2 Å². The Balaban J connectivity index is 1.88. The minimum atomic E-state index is 0.856. The van der Waals surface area contributed by atoms with Crippen LogP contribution < -0.4 is 0 Å². The highest BCUT2D eigenvalue weighted by Gasteiger charge is 2.09. The average molecular weight is 282 g/mol. The van der Waals surface area contributed by atoms with Crippen molar-refractivity contribution in [1.29, 1.82) is 0 Å². The molecule has 102 valence electrons. The summed E-state index contributed by atoms with van der Waals surface area (Å²) in [5.41, 5.74) is 6.31. The monoisotopic (exact) mass is 282 g/mol. The van der Waals surface area contributed by atoms with Gasteiger partial charge in [-0.3, -0.25) is 0 Å². The molecule has 0 amide bonds. The number of rotatable bonds is 3. The quantitative estimate of drug-likeness (QED) is 0.687. The fourth-order valence-electron chi connectivity index (χ4n) is 2.47. The highest BCUT2D eigenvalue weighted by Crippen LogP contribution is 2.24. The van der Waals surface area contributed by atoms with E-state index >= 15 is 0 Å². The van der Waals surface area contributed by atoms with Crippen molar-refractivity contribution in [3.63, 3.8) is 0 Å². The average Bonchev–Trinajstić information content (AvgIpc) is 3.01. The van der Waals surface area contributed by atoms with Crippen molar-refractivity contribution in [2.75, 3.05) is 0 Å². The topological polar surface area (TPSA) is 17.8 Å². The second-order valence-corrected chi connectivity index (χ2v) is 6.01. The summed E-state index contributed by atoms with van der Waals surface area (Å²) in [5, 5.41) is 3.26. The van der Waals surface area contributed by atoms with Crippen LogP contribution in [0, 0.1) is 20.8 Å². The molecule has 2 nitrogen and oxygen atoms in total. The van der Waals surface area contributed by atoms with Gasteiger partial charge in [-0.05, 0) is 32.4 Å². The number of aromatic nitrogens is 2. The van der Waals surface area contributed by atoms with Crippen LogP contribution in [0.5, 0.6) is 0 Å². The Kier molecular flexibility index (Phi) is 3.45. The van der Waals surface area contributed by atoms with E-state index in [1.807, 2.05) is 6.07 Å². The highest BCUT2D eigenvalue weighted by molar-refractivity contribution is 7.13. The van der Waals surface area contributed by atoms with Gasteiger partial charge in [0.2, 0.25) is 0 Å². The van der Waals surface area contributed by atoms with Crippen LogP contribution >= 0.6 is 11.3 Å². The van der Waals surface area contributed by atoms with E-state index in [0.29, 0.717) is 0 Å². The molecule has 2 aromatic heterocycles. The number of nitrogens with zero attached hydrogens (tertiary/aromatic N) is 2. The first kappa shape index (κ1) is 13.1. The van der Waals surface area contributed by atoms with E-state index in [0.717, 1.165) is 17.2 Å². The van der Waals surface area contributed by atoms with Crippen molar-refractivity contribution >= 4 is 11.3 Å². The van der Waals surface area contributed by atoms with Crippen molar-refractivity contribution in [2.24, 2.45) is 0 Å². The van der Waals surface area contributed by atoms with Crippen molar-refractivity contribution in [1.82, 2.24) is 9.55 Å². The first-order valence-electron chi connectivity index (χ1n) is 6.78. The molecule has 0 atom stereocenters. The number of hydrogen-bond donors (Lipinski definition) is 0. The van der Waals surface area contributed by atoms with Crippen LogP contribution in [0.3, 0.4) is 0 Å². The summed E-state index contributed by atoms with van der Waals surface area (Å²) >= 11 is 1.72. The van der Waals surface area contributed by atoms with Gasteiger partial charge in [-0.25, -0.2) is 4.98 Å². The molecule has 2 heterocycles. The fraction of sp³-hybridized carbons (Fsp3) is 0.235. The lowest BCUT2D eigenvalue weighted by molar-refractivity contribution is 0.733. The van der Waals surface area contributed by atoms with Gasteiger partial charge in [0.25, 0.3) is 0 Å². The number of benzene rings is 1. The molecule has 0 saturated carbocycles. The first-order valence-corrected chi connectivity index (χ1v) is 7.66. The van der Waals surface area contributed by atoms with Gasteiger partial charge >= 0.3 is 0 Å². The summed E-state index contributed by atoms with van der Waals surface area (Å²) in [6.07, 6.45) is 0. The number of hydrogen-bond acceptors (Lipinski definition) is 2. The van der Waals surface area contributed by atoms with Gasteiger partial charge < -0.3 is 4.57 Å².